The number of rotatable bonds is 4. The van der Waals surface area contributed by atoms with E-state index in [0.717, 1.165) is 13.2 Å². The Morgan fingerprint density at radius 1 is 1.21 bits per heavy atom. The summed E-state index contributed by atoms with van der Waals surface area (Å²) in [6.45, 7) is 0. The van der Waals surface area contributed by atoms with Crippen molar-refractivity contribution in [2.75, 3.05) is 7.11 Å². The Kier molecular flexibility index (Phi) is 5.21. The van der Waals surface area contributed by atoms with E-state index < -0.39 is 44.1 Å². The van der Waals surface area contributed by atoms with Crippen LogP contribution in [0, 0.1) is 11.6 Å². The lowest BCUT2D eigenvalue weighted by atomic mass is 10.2. The predicted molar refractivity (Wildman–Crippen MR) is 81.7 cm³/mol. The van der Waals surface area contributed by atoms with Crippen LogP contribution in [0.5, 0.6) is 0 Å². The highest BCUT2D eigenvalue weighted by Crippen LogP contribution is 2.23. The van der Waals surface area contributed by atoms with Gasteiger partial charge in [0.25, 0.3) is 15.9 Å². The maximum absolute atomic E-state index is 13.6. The minimum absolute atomic E-state index is 0.00552. The molecule has 2 rings (SSSR count). The molecule has 6 nitrogen and oxygen atoms in total. The number of hydrogen-bond acceptors (Lipinski definition) is 6. The van der Waals surface area contributed by atoms with Crippen molar-refractivity contribution in [2.45, 2.75) is 4.21 Å². The average Bonchev–Trinajstić information content (AvgIpc) is 3.00. The molecular formula is C13H8ClF2NO5S2. The van der Waals surface area contributed by atoms with Crippen molar-refractivity contribution in [3.8, 4) is 0 Å². The van der Waals surface area contributed by atoms with Gasteiger partial charge in [-0.2, -0.15) is 0 Å². The highest BCUT2D eigenvalue weighted by molar-refractivity contribution is 7.92. The molecule has 0 aliphatic rings. The molecule has 0 spiro atoms. The standard InChI is InChI=1S/C13H8ClF2NO5S2/c1-22-13(19)10-2-3-11(23-10)24(20,21)17-12(18)6-4-9(16)7(14)5-8(6)15/h2-5H,1H3,(H,17,18). The topological polar surface area (TPSA) is 89.5 Å². The first-order valence-electron chi connectivity index (χ1n) is 6.05. The summed E-state index contributed by atoms with van der Waals surface area (Å²) in [5.74, 6) is -4.39. The van der Waals surface area contributed by atoms with Gasteiger partial charge in [0.1, 0.15) is 20.7 Å². The summed E-state index contributed by atoms with van der Waals surface area (Å²) in [4.78, 5) is 23.2. The molecule has 1 amide bonds. The zero-order valence-corrected chi connectivity index (χ0v) is 14.2. The van der Waals surface area contributed by atoms with Gasteiger partial charge in [0.05, 0.1) is 17.7 Å². The summed E-state index contributed by atoms with van der Waals surface area (Å²) in [6, 6.07) is 3.30. The van der Waals surface area contributed by atoms with E-state index in [1.54, 1.807) is 4.72 Å². The number of esters is 1. The molecule has 0 saturated carbocycles. The fourth-order valence-corrected chi connectivity index (χ4v) is 3.94. The third-order valence-electron chi connectivity index (χ3n) is 2.71. The third-order valence-corrected chi connectivity index (χ3v) is 5.89. The van der Waals surface area contributed by atoms with Crippen molar-refractivity contribution < 1.29 is 31.5 Å². The maximum Gasteiger partial charge on any atom is 0.348 e. The van der Waals surface area contributed by atoms with Crippen LogP contribution in [-0.4, -0.2) is 27.4 Å². The molecule has 0 aliphatic carbocycles. The van der Waals surface area contributed by atoms with Crippen LogP contribution in [0.3, 0.4) is 0 Å². The third kappa shape index (κ3) is 3.71. The molecule has 0 unspecified atom stereocenters. The quantitative estimate of drug-likeness (QED) is 0.634. The normalized spacial score (nSPS) is 11.2. The Labute approximate surface area is 144 Å². The molecular weight excluding hydrogens is 388 g/mol. The zero-order chi connectivity index (χ0) is 18.1. The molecule has 1 aromatic heterocycles. The Morgan fingerprint density at radius 3 is 2.50 bits per heavy atom. The lowest BCUT2D eigenvalue weighted by Gasteiger charge is -2.06. The van der Waals surface area contributed by atoms with E-state index >= 15 is 0 Å². The van der Waals surface area contributed by atoms with Crippen LogP contribution in [0.4, 0.5) is 8.78 Å². The van der Waals surface area contributed by atoms with Gasteiger partial charge in [-0.3, -0.25) is 4.79 Å². The van der Waals surface area contributed by atoms with Gasteiger partial charge in [0.2, 0.25) is 0 Å². The number of carbonyl (C=O) groups excluding carboxylic acids is 2. The molecule has 128 valence electrons. The lowest BCUT2D eigenvalue weighted by Crippen LogP contribution is -2.30. The lowest BCUT2D eigenvalue weighted by molar-refractivity contribution is 0.0606. The number of amides is 1. The van der Waals surface area contributed by atoms with Crippen molar-refractivity contribution in [3.63, 3.8) is 0 Å². The number of hydrogen-bond donors (Lipinski definition) is 1. The minimum atomic E-state index is -4.38. The molecule has 0 bridgehead atoms. The highest BCUT2D eigenvalue weighted by Gasteiger charge is 2.24. The Hall–Kier alpha value is -2.04. The second-order valence-electron chi connectivity index (χ2n) is 4.29. The van der Waals surface area contributed by atoms with Crippen molar-refractivity contribution in [1.82, 2.24) is 4.72 Å². The van der Waals surface area contributed by atoms with E-state index in [9.17, 15) is 26.8 Å². The molecule has 1 N–H and O–H groups in total. The second kappa shape index (κ2) is 6.83. The van der Waals surface area contributed by atoms with Gasteiger partial charge in [0, 0.05) is 0 Å². The van der Waals surface area contributed by atoms with E-state index in [1.807, 2.05) is 0 Å². The Morgan fingerprint density at radius 2 is 1.88 bits per heavy atom. The van der Waals surface area contributed by atoms with Crippen molar-refractivity contribution >= 4 is 44.8 Å². The monoisotopic (exact) mass is 395 g/mol. The van der Waals surface area contributed by atoms with Crippen LogP contribution in [0.1, 0.15) is 20.0 Å². The average molecular weight is 396 g/mol. The largest absolute Gasteiger partial charge is 0.465 e. The van der Waals surface area contributed by atoms with Gasteiger partial charge >= 0.3 is 5.97 Å². The molecule has 11 heteroatoms. The van der Waals surface area contributed by atoms with Gasteiger partial charge in [-0.25, -0.2) is 26.7 Å². The van der Waals surface area contributed by atoms with Gasteiger partial charge in [0.15, 0.2) is 0 Å². The zero-order valence-electron chi connectivity index (χ0n) is 11.8. The van der Waals surface area contributed by atoms with Gasteiger partial charge < -0.3 is 4.74 Å². The molecule has 1 aromatic carbocycles. The van der Waals surface area contributed by atoms with Crippen LogP contribution in [-0.2, 0) is 14.8 Å². The number of halogens is 3. The second-order valence-corrected chi connectivity index (χ2v) is 7.69. The molecule has 0 radical (unpaired) electrons. The summed E-state index contributed by atoms with van der Waals surface area (Å²) in [7, 11) is -3.26. The first kappa shape index (κ1) is 18.3. The summed E-state index contributed by atoms with van der Waals surface area (Å²) in [5, 5.41) is -0.548. The fraction of sp³-hybridized carbons (Fsp3) is 0.0769. The first-order chi connectivity index (χ1) is 11.2. The smallest absolute Gasteiger partial charge is 0.348 e. The van der Waals surface area contributed by atoms with E-state index in [-0.39, 0.29) is 9.09 Å². The van der Waals surface area contributed by atoms with E-state index in [4.69, 9.17) is 11.6 Å². The van der Waals surface area contributed by atoms with Crippen molar-refractivity contribution in [3.05, 3.63) is 51.4 Å². The summed E-state index contributed by atoms with van der Waals surface area (Å²) >= 11 is 5.91. The number of nitrogens with one attached hydrogen (secondary N) is 1. The number of sulfonamides is 1. The Bertz CT molecular complexity index is 926. The molecule has 2 aromatic rings. The number of thiophene rings is 1. The number of methoxy groups -OCH3 is 1. The molecule has 1 heterocycles. The fourth-order valence-electron chi connectivity index (χ4n) is 1.60. The Balaban J connectivity index is 2.29. The van der Waals surface area contributed by atoms with Crippen LogP contribution in [0.2, 0.25) is 5.02 Å². The number of ether oxygens (including phenoxy) is 1. The van der Waals surface area contributed by atoms with E-state index in [2.05, 4.69) is 4.74 Å². The van der Waals surface area contributed by atoms with Crippen LogP contribution in [0.15, 0.2) is 28.5 Å². The molecule has 0 atom stereocenters. The number of benzene rings is 1. The van der Waals surface area contributed by atoms with Gasteiger partial charge in [-0.15, -0.1) is 11.3 Å². The molecule has 0 saturated heterocycles. The highest BCUT2D eigenvalue weighted by atomic mass is 35.5. The molecule has 24 heavy (non-hydrogen) atoms. The van der Waals surface area contributed by atoms with Crippen LogP contribution >= 0.6 is 22.9 Å². The molecule has 0 aliphatic heterocycles. The van der Waals surface area contributed by atoms with Gasteiger partial charge in [-0.05, 0) is 24.3 Å². The number of carbonyl (C=O) groups is 2. The van der Waals surface area contributed by atoms with Crippen molar-refractivity contribution in [2.24, 2.45) is 0 Å². The summed E-state index contributed by atoms with van der Waals surface area (Å²) in [6.07, 6.45) is 0. The SMILES string of the molecule is COC(=O)c1ccc(S(=O)(=O)NC(=O)c2cc(F)c(Cl)cc2F)s1. The van der Waals surface area contributed by atoms with Crippen LogP contribution in [0.25, 0.3) is 0 Å². The minimum Gasteiger partial charge on any atom is -0.465 e. The van der Waals surface area contributed by atoms with E-state index in [0.29, 0.717) is 23.5 Å². The first-order valence-corrected chi connectivity index (χ1v) is 8.73. The summed E-state index contributed by atoms with van der Waals surface area (Å²) < 4.78 is 56.8. The van der Waals surface area contributed by atoms with Crippen LogP contribution < -0.4 is 4.72 Å². The van der Waals surface area contributed by atoms with Gasteiger partial charge in [-0.1, -0.05) is 11.6 Å². The molecule has 0 fully saturated rings. The summed E-state index contributed by atoms with van der Waals surface area (Å²) in [5.41, 5.74) is -0.828. The van der Waals surface area contributed by atoms with Crippen molar-refractivity contribution in [1.29, 1.82) is 0 Å². The maximum atomic E-state index is 13.6. The van der Waals surface area contributed by atoms with E-state index in [1.165, 1.54) is 6.07 Å². The predicted octanol–water partition coefficient (Wildman–Crippen LogP) is 2.58.